The summed E-state index contributed by atoms with van der Waals surface area (Å²) in [6.45, 7) is 7.83. The van der Waals surface area contributed by atoms with Gasteiger partial charge >= 0.3 is 6.03 Å². The van der Waals surface area contributed by atoms with E-state index in [2.05, 4.69) is 27.4 Å². The number of halogens is 1. The first-order chi connectivity index (χ1) is 12.1. The number of carbonyl (C=O) groups excluding carboxylic acids is 1. The van der Waals surface area contributed by atoms with Crippen LogP contribution in [0.4, 0.5) is 14.9 Å². The van der Waals surface area contributed by atoms with E-state index < -0.39 is 0 Å². The number of amides is 2. The molecule has 2 aliphatic rings. The number of rotatable bonds is 5. The van der Waals surface area contributed by atoms with E-state index in [9.17, 15) is 9.18 Å². The highest BCUT2D eigenvalue weighted by Gasteiger charge is 2.24. The van der Waals surface area contributed by atoms with Crippen molar-refractivity contribution in [2.24, 2.45) is 5.92 Å². The van der Waals surface area contributed by atoms with Crippen LogP contribution in [-0.4, -0.2) is 56.2 Å². The molecule has 3 rings (SSSR count). The first-order valence-electron chi connectivity index (χ1n) is 9.41. The van der Waals surface area contributed by atoms with Crippen LogP contribution in [0.1, 0.15) is 26.2 Å². The van der Waals surface area contributed by atoms with Crippen molar-refractivity contribution in [3.63, 3.8) is 0 Å². The van der Waals surface area contributed by atoms with Crippen LogP contribution in [0, 0.1) is 11.7 Å². The van der Waals surface area contributed by atoms with Crippen molar-refractivity contribution >= 4 is 11.7 Å². The van der Waals surface area contributed by atoms with Gasteiger partial charge in [0.05, 0.1) is 0 Å². The van der Waals surface area contributed by atoms with Gasteiger partial charge in [-0.05, 0) is 62.5 Å². The Bertz CT molecular complexity index is 565. The van der Waals surface area contributed by atoms with Crippen LogP contribution in [-0.2, 0) is 0 Å². The molecule has 2 heterocycles. The zero-order valence-corrected chi connectivity index (χ0v) is 15.0. The summed E-state index contributed by atoms with van der Waals surface area (Å²) in [5, 5.41) is 6.14. The summed E-state index contributed by atoms with van der Waals surface area (Å²) in [5.41, 5.74) is 1.05. The van der Waals surface area contributed by atoms with Crippen molar-refractivity contribution in [2.75, 3.05) is 44.2 Å². The summed E-state index contributed by atoms with van der Waals surface area (Å²) in [4.78, 5) is 16.8. The third kappa shape index (κ3) is 5.08. The standard InChI is InChI=1S/C19H29FN4O/c1-2-23-10-3-4-17(14-23)22-19(25)21-12-15-9-11-24(13-15)18-7-5-16(20)6-8-18/h5-8,15,17H,2-4,9-14H2,1H3,(H2,21,22,25)/t15-,17+/m1/s1. The van der Waals surface area contributed by atoms with Crippen molar-refractivity contribution < 1.29 is 9.18 Å². The summed E-state index contributed by atoms with van der Waals surface area (Å²) in [7, 11) is 0. The molecule has 1 aromatic rings. The second-order valence-corrected chi connectivity index (χ2v) is 7.16. The Kier molecular flexibility index (Phi) is 6.13. The lowest BCUT2D eigenvalue weighted by Crippen LogP contribution is -2.51. The molecule has 6 heteroatoms. The Morgan fingerprint density at radius 2 is 2.00 bits per heavy atom. The first kappa shape index (κ1) is 18.0. The predicted molar refractivity (Wildman–Crippen MR) is 98.4 cm³/mol. The summed E-state index contributed by atoms with van der Waals surface area (Å²) in [6, 6.07) is 6.84. The number of hydrogen-bond donors (Lipinski definition) is 2. The van der Waals surface area contributed by atoms with E-state index in [0.29, 0.717) is 12.5 Å². The molecular weight excluding hydrogens is 319 g/mol. The number of nitrogens with one attached hydrogen (secondary N) is 2. The van der Waals surface area contributed by atoms with Crippen LogP contribution in [0.15, 0.2) is 24.3 Å². The normalized spacial score (nSPS) is 24.3. The van der Waals surface area contributed by atoms with Crippen LogP contribution in [0.3, 0.4) is 0 Å². The van der Waals surface area contributed by atoms with Crippen molar-refractivity contribution in [1.29, 1.82) is 0 Å². The number of carbonyl (C=O) groups is 1. The van der Waals surface area contributed by atoms with Crippen LogP contribution >= 0.6 is 0 Å². The lowest BCUT2D eigenvalue weighted by Gasteiger charge is -2.32. The number of nitrogens with zero attached hydrogens (tertiary/aromatic N) is 2. The van der Waals surface area contributed by atoms with E-state index in [-0.39, 0.29) is 17.9 Å². The van der Waals surface area contributed by atoms with Crippen LogP contribution in [0.5, 0.6) is 0 Å². The monoisotopic (exact) mass is 348 g/mol. The molecule has 2 fully saturated rings. The van der Waals surface area contributed by atoms with E-state index in [0.717, 1.165) is 57.7 Å². The van der Waals surface area contributed by atoms with Crippen molar-refractivity contribution in [3.05, 3.63) is 30.1 Å². The second kappa shape index (κ2) is 8.52. The van der Waals surface area contributed by atoms with Crippen molar-refractivity contribution in [3.8, 4) is 0 Å². The Morgan fingerprint density at radius 3 is 2.76 bits per heavy atom. The molecule has 1 aromatic carbocycles. The molecule has 25 heavy (non-hydrogen) atoms. The van der Waals surface area contributed by atoms with E-state index in [1.54, 1.807) is 0 Å². The zero-order valence-electron chi connectivity index (χ0n) is 15.0. The summed E-state index contributed by atoms with van der Waals surface area (Å²) < 4.78 is 13.0. The molecule has 0 unspecified atom stereocenters. The molecule has 0 radical (unpaired) electrons. The molecule has 138 valence electrons. The number of anilines is 1. The molecule has 5 nitrogen and oxygen atoms in total. The van der Waals surface area contributed by atoms with Crippen molar-refractivity contribution in [2.45, 2.75) is 32.2 Å². The lowest BCUT2D eigenvalue weighted by molar-refractivity contribution is 0.192. The van der Waals surface area contributed by atoms with Crippen LogP contribution < -0.4 is 15.5 Å². The highest BCUT2D eigenvalue weighted by atomic mass is 19.1. The minimum atomic E-state index is -0.206. The minimum absolute atomic E-state index is 0.0526. The summed E-state index contributed by atoms with van der Waals surface area (Å²) >= 11 is 0. The Labute approximate surface area is 149 Å². The Morgan fingerprint density at radius 1 is 1.20 bits per heavy atom. The van der Waals surface area contributed by atoms with Gasteiger partial charge in [0, 0.05) is 37.9 Å². The summed E-state index contributed by atoms with van der Waals surface area (Å²) in [6.07, 6.45) is 3.25. The highest BCUT2D eigenvalue weighted by molar-refractivity contribution is 5.74. The fourth-order valence-corrected chi connectivity index (χ4v) is 3.82. The zero-order chi connectivity index (χ0) is 17.6. The quantitative estimate of drug-likeness (QED) is 0.859. The molecule has 0 bridgehead atoms. The van der Waals surface area contributed by atoms with Crippen LogP contribution in [0.25, 0.3) is 0 Å². The van der Waals surface area contributed by atoms with Gasteiger partial charge in [-0.25, -0.2) is 9.18 Å². The first-order valence-corrected chi connectivity index (χ1v) is 9.41. The molecule has 2 N–H and O–H groups in total. The smallest absolute Gasteiger partial charge is 0.315 e. The van der Waals surface area contributed by atoms with Gasteiger partial charge in [0.15, 0.2) is 0 Å². The van der Waals surface area contributed by atoms with Gasteiger partial charge in [0.25, 0.3) is 0 Å². The Balaban J connectivity index is 1.39. The van der Waals surface area contributed by atoms with Gasteiger partial charge in [-0.1, -0.05) is 6.92 Å². The topological polar surface area (TPSA) is 47.6 Å². The van der Waals surface area contributed by atoms with Crippen molar-refractivity contribution in [1.82, 2.24) is 15.5 Å². The average Bonchev–Trinajstić information content (AvgIpc) is 3.10. The number of likely N-dealkylation sites (N-methyl/N-ethyl adjacent to an activating group) is 1. The highest BCUT2D eigenvalue weighted by Crippen LogP contribution is 2.23. The molecule has 2 amide bonds. The number of benzene rings is 1. The van der Waals surface area contributed by atoms with E-state index in [1.165, 1.54) is 12.1 Å². The number of urea groups is 1. The molecule has 0 saturated carbocycles. The molecule has 2 aliphatic heterocycles. The maximum atomic E-state index is 13.0. The molecular formula is C19H29FN4O. The SMILES string of the molecule is CCN1CCC[C@H](NC(=O)NC[C@H]2CCN(c3ccc(F)cc3)C2)C1. The van der Waals surface area contributed by atoms with Gasteiger partial charge in [-0.2, -0.15) is 0 Å². The van der Waals surface area contributed by atoms with Gasteiger partial charge in [-0.3, -0.25) is 0 Å². The fraction of sp³-hybridized carbons (Fsp3) is 0.632. The Hall–Kier alpha value is -1.82. The van der Waals surface area contributed by atoms with Gasteiger partial charge < -0.3 is 20.4 Å². The third-order valence-electron chi connectivity index (χ3n) is 5.32. The molecule has 0 aromatic heterocycles. The minimum Gasteiger partial charge on any atom is -0.371 e. The van der Waals surface area contributed by atoms with Gasteiger partial charge in [-0.15, -0.1) is 0 Å². The number of likely N-dealkylation sites (tertiary alicyclic amines) is 1. The lowest BCUT2D eigenvalue weighted by atomic mass is 10.1. The number of piperidine rings is 1. The van der Waals surface area contributed by atoms with Gasteiger partial charge in [0.1, 0.15) is 5.82 Å². The second-order valence-electron chi connectivity index (χ2n) is 7.16. The van der Waals surface area contributed by atoms with Gasteiger partial charge in [0.2, 0.25) is 0 Å². The average molecular weight is 348 g/mol. The summed E-state index contributed by atoms with van der Waals surface area (Å²) in [5.74, 6) is 0.233. The maximum Gasteiger partial charge on any atom is 0.315 e. The van der Waals surface area contributed by atoms with E-state index >= 15 is 0 Å². The maximum absolute atomic E-state index is 13.0. The van der Waals surface area contributed by atoms with E-state index in [1.807, 2.05) is 12.1 Å². The largest absolute Gasteiger partial charge is 0.371 e. The molecule has 0 aliphatic carbocycles. The predicted octanol–water partition coefficient (Wildman–Crippen LogP) is 2.44. The molecule has 2 saturated heterocycles. The van der Waals surface area contributed by atoms with E-state index in [4.69, 9.17) is 0 Å². The molecule has 2 atom stereocenters. The third-order valence-corrected chi connectivity index (χ3v) is 5.32. The fourth-order valence-electron chi connectivity index (χ4n) is 3.82. The molecule has 0 spiro atoms. The van der Waals surface area contributed by atoms with Crippen LogP contribution in [0.2, 0.25) is 0 Å². The number of hydrogen-bond acceptors (Lipinski definition) is 3.